The summed E-state index contributed by atoms with van der Waals surface area (Å²) in [5, 5.41) is 0. The van der Waals surface area contributed by atoms with E-state index in [1.807, 2.05) is 6.07 Å². The number of hydrogen-bond donors (Lipinski definition) is 0. The molecule has 56 valence electrons. The SMILES string of the molecule is [C-]1=C(c2ccccc2)C=CC1.[Zn]. The topological polar surface area (TPSA) is 0 Å². The fourth-order valence-corrected chi connectivity index (χ4v) is 1.22. The van der Waals surface area contributed by atoms with Crippen molar-refractivity contribution in [3.63, 3.8) is 0 Å². The van der Waals surface area contributed by atoms with Crippen LogP contribution in [0.25, 0.3) is 5.57 Å². The van der Waals surface area contributed by atoms with Gasteiger partial charge in [-0.05, 0) is 0 Å². The summed E-state index contributed by atoms with van der Waals surface area (Å²) in [6.07, 6.45) is 8.49. The van der Waals surface area contributed by atoms with E-state index in [4.69, 9.17) is 0 Å². The van der Waals surface area contributed by atoms with Crippen LogP contribution >= 0.6 is 0 Å². The molecule has 0 fully saturated rings. The van der Waals surface area contributed by atoms with Crippen LogP contribution in [0.4, 0.5) is 0 Å². The molecule has 0 unspecified atom stereocenters. The molecule has 0 amide bonds. The van der Waals surface area contributed by atoms with E-state index in [-0.39, 0.29) is 19.5 Å². The summed E-state index contributed by atoms with van der Waals surface area (Å²) in [4.78, 5) is 0. The second-order valence-corrected chi connectivity index (χ2v) is 2.56. The van der Waals surface area contributed by atoms with E-state index in [1.54, 1.807) is 0 Å². The molecule has 1 heteroatoms. The van der Waals surface area contributed by atoms with E-state index >= 15 is 0 Å². The molecule has 0 radical (unpaired) electrons. The summed E-state index contributed by atoms with van der Waals surface area (Å²) in [5.41, 5.74) is 2.49. The molecule has 0 saturated heterocycles. The summed E-state index contributed by atoms with van der Waals surface area (Å²) in [7, 11) is 0. The normalized spacial score (nSPS) is 13.8. The summed E-state index contributed by atoms with van der Waals surface area (Å²) < 4.78 is 0. The Bertz CT molecular complexity index is 296. The van der Waals surface area contributed by atoms with Gasteiger partial charge in [-0.1, -0.05) is 24.6 Å². The summed E-state index contributed by atoms with van der Waals surface area (Å²) in [5.74, 6) is 0. The second kappa shape index (κ2) is 4.37. The molecule has 2 rings (SSSR count). The van der Waals surface area contributed by atoms with E-state index in [0.29, 0.717) is 0 Å². The van der Waals surface area contributed by atoms with Crippen molar-refractivity contribution < 1.29 is 19.5 Å². The Morgan fingerprint density at radius 3 is 2.42 bits per heavy atom. The largest absolute Gasteiger partial charge is 0.197 e. The van der Waals surface area contributed by atoms with Crippen molar-refractivity contribution in [2.45, 2.75) is 6.42 Å². The predicted octanol–water partition coefficient (Wildman–Crippen LogP) is 2.83. The first-order valence-corrected chi connectivity index (χ1v) is 3.79. The first kappa shape index (κ1) is 9.41. The van der Waals surface area contributed by atoms with E-state index < -0.39 is 0 Å². The van der Waals surface area contributed by atoms with E-state index in [0.717, 1.165) is 6.42 Å². The predicted molar refractivity (Wildman–Crippen MR) is 46.8 cm³/mol. The van der Waals surface area contributed by atoms with Crippen molar-refractivity contribution >= 4 is 5.57 Å². The Kier molecular flexibility index (Phi) is 3.43. The maximum absolute atomic E-state index is 3.28. The van der Waals surface area contributed by atoms with Crippen LogP contribution in [0.2, 0.25) is 0 Å². The van der Waals surface area contributed by atoms with Crippen LogP contribution in [0.3, 0.4) is 0 Å². The molecule has 0 spiro atoms. The minimum Gasteiger partial charge on any atom is -0.197 e. The molecular weight excluding hydrogens is 198 g/mol. The molecule has 0 nitrogen and oxygen atoms in total. The van der Waals surface area contributed by atoms with Crippen LogP contribution in [-0.2, 0) is 19.5 Å². The molecule has 0 N–H and O–H groups in total. The van der Waals surface area contributed by atoms with Crippen molar-refractivity contribution in [1.82, 2.24) is 0 Å². The molecule has 0 atom stereocenters. The Morgan fingerprint density at radius 2 is 1.83 bits per heavy atom. The average molecular weight is 207 g/mol. The van der Waals surface area contributed by atoms with Crippen molar-refractivity contribution in [1.29, 1.82) is 0 Å². The molecular formula is C11H9Zn-. The maximum atomic E-state index is 3.28. The molecule has 1 aliphatic rings. The molecule has 1 aromatic carbocycles. The zero-order valence-electron chi connectivity index (χ0n) is 6.96. The Labute approximate surface area is 85.8 Å². The van der Waals surface area contributed by atoms with Gasteiger partial charge in [0.1, 0.15) is 0 Å². The first-order chi connectivity index (χ1) is 5.47. The first-order valence-electron chi connectivity index (χ1n) is 3.79. The quantitative estimate of drug-likeness (QED) is 0.490. The van der Waals surface area contributed by atoms with Crippen LogP contribution in [0, 0.1) is 6.08 Å². The van der Waals surface area contributed by atoms with E-state index in [9.17, 15) is 0 Å². The number of hydrogen-bond acceptors (Lipinski definition) is 0. The van der Waals surface area contributed by atoms with Crippen LogP contribution in [0.15, 0.2) is 42.5 Å². The molecule has 1 aliphatic carbocycles. The van der Waals surface area contributed by atoms with Gasteiger partial charge in [-0.25, -0.2) is 0 Å². The number of allylic oxidation sites excluding steroid dienone is 4. The third-order valence-electron chi connectivity index (χ3n) is 1.78. The number of benzene rings is 1. The van der Waals surface area contributed by atoms with Crippen LogP contribution in [0.5, 0.6) is 0 Å². The van der Waals surface area contributed by atoms with Crippen molar-refractivity contribution in [3.05, 3.63) is 54.1 Å². The monoisotopic (exact) mass is 205 g/mol. The zero-order valence-corrected chi connectivity index (χ0v) is 9.92. The van der Waals surface area contributed by atoms with Gasteiger partial charge in [0, 0.05) is 19.5 Å². The van der Waals surface area contributed by atoms with Crippen LogP contribution < -0.4 is 0 Å². The van der Waals surface area contributed by atoms with Gasteiger partial charge in [-0.3, -0.25) is 0 Å². The van der Waals surface area contributed by atoms with Gasteiger partial charge < -0.3 is 0 Å². The van der Waals surface area contributed by atoms with Gasteiger partial charge in [0.25, 0.3) is 0 Å². The van der Waals surface area contributed by atoms with Gasteiger partial charge in [0.2, 0.25) is 0 Å². The third-order valence-corrected chi connectivity index (χ3v) is 1.78. The minimum atomic E-state index is 0. The van der Waals surface area contributed by atoms with Gasteiger partial charge >= 0.3 is 0 Å². The van der Waals surface area contributed by atoms with Crippen molar-refractivity contribution in [3.8, 4) is 0 Å². The number of rotatable bonds is 1. The van der Waals surface area contributed by atoms with Crippen LogP contribution in [0.1, 0.15) is 12.0 Å². The van der Waals surface area contributed by atoms with Crippen molar-refractivity contribution in [2.24, 2.45) is 0 Å². The summed E-state index contributed by atoms with van der Waals surface area (Å²) in [6.45, 7) is 0. The Balaban J connectivity index is 0.000000720. The standard InChI is InChI=1S/C11H9.Zn/c1-2-6-10(7-3-1)11-8-4-5-9-11;/h1-4,6-8H,5H2;/q-1;. The van der Waals surface area contributed by atoms with Gasteiger partial charge in [-0.15, -0.1) is 23.8 Å². The van der Waals surface area contributed by atoms with E-state index in [1.165, 1.54) is 11.1 Å². The summed E-state index contributed by atoms with van der Waals surface area (Å²) in [6, 6.07) is 10.4. The van der Waals surface area contributed by atoms with E-state index in [2.05, 4.69) is 42.5 Å². The molecule has 0 aromatic heterocycles. The summed E-state index contributed by atoms with van der Waals surface area (Å²) >= 11 is 0. The molecule has 0 heterocycles. The average Bonchev–Trinajstić information content (AvgIpc) is 2.58. The Morgan fingerprint density at radius 1 is 1.08 bits per heavy atom. The fourth-order valence-electron chi connectivity index (χ4n) is 1.22. The van der Waals surface area contributed by atoms with Gasteiger partial charge in [0.15, 0.2) is 0 Å². The molecule has 12 heavy (non-hydrogen) atoms. The van der Waals surface area contributed by atoms with Crippen molar-refractivity contribution in [2.75, 3.05) is 0 Å². The zero-order chi connectivity index (χ0) is 7.52. The maximum Gasteiger partial charge on any atom is 0 e. The van der Waals surface area contributed by atoms with Gasteiger partial charge in [-0.2, -0.15) is 17.7 Å². The third kappa shape index (κ3) is 1.92. The second-order valence-electron chi connectivity index (χ2n) is 2.56. The smallest absolute Gasteiger partial charge is 0 e. The molecule has 0 aliphatic heterocycles. The van der Waals surface area contributed by atoms with Gasteiger partial charge in [0.05, 0.1) is 0 Å². The molecule has 1 aromatic rings. The molecule has 0 saturated carbocycles. The van der Waals surface area contributed by atoms with Crippen LogP contribution in [-0.4, -0.2) is 0 Å². The fraction of sp³-hybridized carbons (Fsp3) is 0.0909. The minimum absolute atomic E-state index is 0. The Hall–Kier alpha value is -0.677. The molecule has 0 bridgehead atoms.